The van der Waals surface area contributed by atoms with Crippen molar-refractivity contribution in [2.75, 3.05) is 20.1 Å². The van der Waals surface area contributed by atoms with Crippen LogP contribution in [0.15, 0.2) is 39.5 Å². The largest absolute Gasteiger partial charge is 0.459 e. The molecule has 1 aromatic carbocycles. The third-order valence-electron chi connectivity index (χ3n) is 6.60. The van der Waals surface area contributed by atoms with Crippen molar-refractivity contribution >= 4 is 22.8 Å². The Labute approximate surface area is 176 Å². The number of carbonyl (C=O) groups is 2. The number of benzene rings is 1. The van der Waals surface area contributed by atoms with Crippen LogP contribution in [0.4, 0.5) is 0 Å². The smallest absolute Gasteiger partial charge is 0.229 e. The molecule has 6 heteroatoms. The van der Waals surface area contributed by atoms with Gasteiger partial charge in [-0.05, 0) is 56.8 Å². The minimum Gasteiger partial charge on any atom is -0.459 e. The Morgan fingerprint density at radius 1 is 1.03 bits per heavy atom. The molecular formula is C24H30N2O4. The highest BCUT2D eigenvalue weighted by molar-refractivity contribution is 5.98. The molecule has 0 atom stereocenters. The first-order chi connectivity index (χ1) is 14.5. The van der Waals surface area contributed by atoms with Gasteiger partial charge in [0.1, 0.15) is 11.3 Å². The average molecular weight is 411 g/mol. The quantitative estimate of drug-likeness (QED) is 0.514. The zero-order chi connectivity index (χ0) is 21.1. The zero-order valence-electron chi connectivity index (χ0n) is 17.7. The summed E-state index contributed by atoms with van der Waals surface area (Å²) in [5, 5.41) is 0.596. The van der Waals surface area contributed by atoms with Crippen LogP contribution in [0.3, 0.4) is 0 Å². The molecule has 6 nitrogen and oxygen atoms in total. The first kappa shape index (κ1) is 20.8. The third kappa shape index (κ3) is 4.48. The van der Waals surface area contributed by atoms with Crippen molar-refractivity contribution in [3.63, 3.8) is 0 Å². The molecule has 1 aliphatic heterocycles. The van der Waals surface area contributed by atoms with Gasteiger partial charge in [0.05, 0.1) is 11.9 Å². The minimum atomic E-state index is -0.0331. The lowest BCUT2D eigenvalue weighted by Crippen LogP contribution is -2.47. The van der Waals surface area contributed by atoms with Crippen molar-refractivity contribution in [2.24, 2.45) is 5.41 Å². The van der Waals surface area contributed by atoms with Crippen LogP contribution in [-0.4, -0.2) is 41.8 Å². The van der Waals surface area contributed by atoms with Gasteiger partial charge in [-0.1, -0.05) is 25.0 Å². The van der Waals surface area contributed by atoms with Gasteiger partial charge < -0.3 is 4.42 Å². The molecule has 0 unspecified atom stereocenters. The van der Waals surface area contributed by atoms with E-state index in [4.69, 9.17) is 4.42 Å². The summed E-state index contributed by atoms with van der Waals surface area (Å²) in [5.74, 6) is 0.670. The summed E-state index contributed by atoms with van der Waals surface area (Å²) in [6.07, 6.45) is 7.07. The molecular weight excluding hydrogens is 380 g/mol. The van der Waals surface area contributed by atoms with Crippen LogP contribution < -0.4 is 5.43 Å². The van der Waals surface area contributed by atoms with Crippen molar-refractivity contribution in [2.45, 2.75) is 57.9 Å². The van der Waals surface area contributed by atoms with Crippen LogP contribution in [0.2, 0.25) is 0 Å². The van der Waals surface area contributed by atoms with Crippen molar-refractivity contribution in [1.82, 2.24) is 9.80 Å². The topological polar surface area (TPSA) is 70.8 Å². The summed E-state index contributed by atoms with van der Waals surface area (Å²) in [4.78, 5) is 40.9. The van der Waals surface area contributed by atoms with Crippen molar-refractivity contribution in [1.29, 1.82) is 0 Å². The highest BCUT2D eigenvalue weighted by atomic mass is 16.3. The van der Waals surface area contributed by atoms with E-state index in [9.17, 15) is 14.4 Å². The second kappa shape index (κ2) is 8.72. The Morgan fingerprint density at radius 3 is 2.47 bits per heavy atom. The zero-order valence-corrected chi connectivity index (χ0v) is 17.7. The van der Waals surface area contributed by atoms with E-state index in [1.54, 1.807) is 12.1 Å². The molecule has 1 saturated heterocycles. The predicted molar refractivity (Wildman–Crippen MR) is 115 cm³/mol. The lowest BCUT2D eigenvalue weighted by Gasteiger charge is -2.37. The summed E-state index contributed by atoms with van der Waals surface area (Å²) < 4.78 is 5.85. The molecule has 1 spiro atoms. The van der Waals surface area contributed by atoms with Crippen LogP contribution in [0, 0.1) is 5.41 Å². The van der Waals surface area contributed by atoms with E-state index in [1.165, 1.54) is 4.90 Å². The number of hydrogen-bond donors (Lipinski definition) is 0. The molecule has 2 heterocycles. The van der Waals surface area contributed by atoms with E-state index in [1.807, 2.05) is 25.2 Å². The van der Waals surface area contributed by atoms with Gasteiger partial charge in [0.25, 0.3) is 0 Å². The van der Waals surface area contributed by atoms with E-state index in [-0.39, 0.29) is 22.7 Å². The Kier molecular flexibility index (Phi) is 6.04. The number of nitrogens with zero attached hydrogens (tertiary/aromatic N) is 2. The SMILES string of the molecule is CN(CCCCN1C(=O)CC2(CCCC2)CC1=O)Cc1cc(=O)c2ccccc2o1. The molecule has 0 N–H and O–H groups in total. The van der Waals surface area contributed by atoms with Crippen LogP contribution in [-0.2, 0) is 16.1 Å². The molecule has 160 valence electrons. The van der Waals surface area contributed by atoms with Gasteiger partial charge in [-0.2, -0.15) is 0 Å². The number of carbonyl (C=O) groups excluding carboxylic acids is 2. The highest BCUT2D eigenvalue weighted by Crippen LogP contribution is 2.46. The number of amides is 2. The van der Waals surface area contributed by atoms with E-state index >= 15 is 0 Å². The number of likely N-dealkylation sites (tertiary alicyclic amines) is 1. The summed E-state index contributed by atoms with van der Waals surface area (Å²) in [7, 11) is 1.98. The van der Waals surface area contributed by atoms with E-state index < -0.39 is 0 Å². The molecule has 2 aliphatic rings. The number of hydrogen-bond acceptors (Lipinski definition) is 5. The third-order valence-corrected chi connectivity index (χ3v) is 6.60. The second-order valence-electron chi connectivity index (χ2n) is 9.02. The van der Waals surface area contributed by atoms with Crippen LogP contribution in [0.25, 0.3) is 11.0 Å². The monoisotopic (exact) mass is 410 g/mol. The van der Waals surface area contributed by atoms with Crippen LogP contribution >= 0.6 is 0 Å². The molecule has 0 bridgehead atoms. The first-order valence-corrected chi connectivity index (χ1v) is 11.0. The number of fused-ring (bicyclic) bond motifs is 1. The molecule has 1 saturated carbocycles. The highest BCUT2D eigenvalue weighted by Gasteiger charge is 2.44. The van der Waals surface area contributed by atoms with Gasteiger partial charge in [0, 0.05) is 25.5 Å². The van der Waals surface area contributed by atoms with Gasteiger partial charge in [-0.15, -0.1) is 0 Å². The molecule has 0 radical (unpaired) electrons. The number of unbranched alkanes of at least 4 members (excludes halogenated alkanes) is 1. The van der Waals surface area contributed by atoms with Gasteiger partial charge in [-0.25, -0.2) is 0 Å². The normalized spacial score (nSPS) is 18.8. The van der Waals surface area contributed by atoms with Crippen LogP contribution in [0.5, 0.6) is 0 Å². The fourth-order valence-electron chi connectivity index (χ4n) is 4.99. The summed E-state index contributed by atoms with van der Waals surface area (Å²) in [6, 6.07) is 8.82. The number of para-hydroxylation sites is 1. The number of piperidine rings is 1. The average Bonchev–Trinajstić information content (AvgIpc) is 3.14. The first-order valence-electron chi connectivity index (χ1n) is 11.0. The lowest BCUT2D eigenvalue weighted by atomic mass is 9.76. The molecule has 1 aromatic heterocycles. The Morgan fingerprint density at radius 2 is 1.73 bits per heavy atom. The van der Waals surface area contributed by atoms with E-state index in [2.05, 4.69) is 4.90 Å². The predicted octanol–water partition coefficient (Wildman–Crippen LogP) is 3.71. The number of rotatable bonds is 7. The molecule has 2 fully saturated rings. The molecule has 1 aliphatic carbocycles. The maximum atomic E-state index is 12.5. The number of imide groups is 1. The fourth-order valence-corrected chi connectivity index (χ4v) is 4.99. The molecule has 30 heavy (non-hydrogen) atoms. The van der Waals surface area contributed by atoms with Gasteiger partial charge >= 0.3 is 0 Å². The maximum absolute atomic E-state index is 12.5. The maximum Gasteiger partial charge on any atom is 0.229 e. The molecule has 2 amide bonds. The second-order valence-corrected chi connectivity index (χ2v) is 9.02. The van der Waals surface area contributed by atoms with Crippen molar-refractivity contribution in [3.8, 4) is 0 Å². The van der Waals surface area contributed by atoms with E-state index in [0.717, 1.165) is 45.1 Å². The van der Waals surface area contributed by atoms with Crippen LogP contribution in [0.1, 0.15) is 57.1 Å². The molecule has 4 rings (SSSR count). The summed E-state index contributed by atoms with van der Waals surface area (Å²) in [6.45, 7) is 1.85. The van der Waals surface area contributed by atoms with Gasteiger partial charge in [-0.3, -0.25) is 24.2 Å². The minimum absolute atomic E-state index is 0.0134. The molecule has 2 aromatic rings. The van der Waals surface area contributed by atoms with Gasteiger partial charge in [0.2, 0.25) is 11.8 Å². The lowest BCUT2D eigenvalue weighted by molar-refractivity contribution is -0.153. The fraction of sp³-hybridized carbons (Fsp3) is 0.542. The van der Waals surface area contributed by atoms with Gasteiger partial charge in [0.15, 0.2) is 5.43 Å². The Balaban J connectivity index is 1.24. The van der Waals surface area contributed by atoms with Crippen molar-refractivity contribution in [3.05, 3.63) is 46.3 Å². The summed E-state index contributed by atoms with van der Waals surface area (Å²) >= 11 is 0. The standard InChI is InChI=1S/C24H30N2O4/c1-25(17-18-14-20(27)19-8-2-3-9-21(19)30-18)12-6-7-13-26-22(28)15-24(16-23(26)29)10-4-5-11-24/h2-3,8-9,14H,4-7,10-13,15-17H2,1H3. The Bertz CT molecular complexity index is 970. The Hall–Kier alpha value is -2.47. The summed E-state index contributed by atoms with van der Waals surface area (Å²) in [5.41, 5.74) is 0.548. The van der Waals surface area contributed by atoms with Crippen molar-refractivity contribution < 1.29 is 14.0 Å². The van der Waals surface area contributed by atoms with E-state index in [0.29, 0.717) is 42.7 Å².